The lowest BCUT2D eigenvalue weighted by molar-refractivity contribution is -0.384. The van der Waals surface area contributed by atoms with Gasteiger partial charge in [-0.2, -0.15) is 0 Å². The molecule has 1 N–H and O–H groups in total. The Bertz CT molecular complexity index is 547. The molecule has 0 saturated carbocycles. The van der Waals surface area contributed by atoms with Crippen molar-refractivity contribution in [3.63, 3.8) is 0 Å². The highest BCUT2D eigenvalue weighted by atomic mass is 16.6. The first-order valence-corrected chi connectivity index (χ1v) is 6.97. The lowest BCUT2D eigenvalue weighted by Crippen LogP contribution is -2.34. The molecule has 0 bridgehead atoms. The van der Waals surface area contributed by atoms with E-state index in [1.165, 1.54) is 6.07 Å². The number of benzene rings is 1. The van der Waals surface area contributed by atoms with Crippen molar-refractivity contribution in [1.29, 1.82) is 0 Å². The second kappa shape index (κ2) is 6.53. The van der Waals surface area contributed by atoms with Crippen molar-refractivity contribution in [2.45, 2.75) is 6.42 Å². The monoisotopic (exact) mass is 292 g/mol. The Hall–Kier alpha value is -2.15. The van der Waals surface area contributed by atoms with Crippen LogP contribution >= 0.6 is 0 Å². The maximum absolute atomic E-state index is 12.5. The molecule has 7 heteroatoms. The first-order chi connectivity index (χ1) is 10.0. The molecule has 1 heterocycles. The van der Waals surface area contributed by atoms with Crippen LogP contribution in [0.5, 0.6) is 0 Å². The van der Waals surface area contributed by atoms with E-state index in [2.05, 4.69) is 10.2 Å². The van der Waals surface area contributed by atoms with E-state index in [9.17, 15) is 14.9 Å². The largest absolute Gasteiger partial charge is 0.383 e. The molecule has 114 valence electrons. The molecule has 0 radical (unpaired) electrons. The molecule has 7 nitrogen and oxygen atoms in total. The molecule has 1 saturated heterocycles. The van der Waals surface area contributed by atoms with Gasteiger partial charge in [-0.3, -0.25) is 14.9 Å². The summed E-state index contributed by atoms with van der Waals surface area (Å²) in [7, 11) is 3.65. The number of carbonyl (C=O) groups is 1. The van der Waals surface area contributed by atoms with Crippen molar-refractivity contribution in [1.82, 2.24) is 9.80 Å². The number of likely N-dealkylation sites (N-methyl/N-ethyl adjacent to an activating group) is 1. The van der Waals surface area contributed by atoms with Gasteiger partial charge in [0, 0.05) is 38.3 Å². The van der Waals surface area contributed by atoms with Crippen LogP contribution in [0, 0.1) is 10.1 Å². The van der Waals surface area contributed by atoms with Gasteiger partial charge in [0.2, 0.25) is 0 Å². The summed E-state index contributed by atoms with van der Waals surface area (Å²) in [5.41, 5.74) is 0.702. The van der Waals surface area contributed by atoms with Crippen LogP contribution in [0.4, 0.5) is 11.4 Å². The summed E-state index contributed by atoms with van der Waals surface area (Å²) >= 11 is 0. The van der Waals surface area contributed by atoms with Crippen LogP contribution in [0.25, 0.3) is 0 Å². The van der Waals surface area contributed by atoms with Gasteiger partial charge in [-0.15, -0.1) is 0 Å². The fourth-order valence-electron chi connectivity index (χ4n) is 2.46. The molecule has 0 spiro atoms. The van der Waals surface area contributed by atoms with Gasteiger partial charge in [0.15, 0.2) is 0 Å². The Kier molecular flexibility index (Phi) is 4.74. The average Bonchev–Trinajstić information content (AvgIpc) is 2.70. The molecule has 1 aliphatic rings. The molecule has 0 aromatic heterocycles. The Balaban J connectivity index is 2.22. The van der Waals surface area contributed by atoms with Crippen molar-refractivity contribution < 1.29 is 9.72 Å². The van der Waals surface area contributed by atoms with E-state index in [1.54, 1.807) is 24.1 Å². The van der Waals surface area contributed by atoms with Crippen LogP contribution in [-0.4, -0.2) is 60.9 Å². The third-order valence-corrected chi connectivity index (χ3v) is 3.72. The number of nitro groups is 1. The van der Waals surface area contributed by atoms with Crippen LogP contribution in [0.2, 0.25) is 0 Å². The number of nitrogens with one attached hydrogen (secondary N) is 1. The lowest BCUT2D eigenvalue weighted by Gasteiger charge is -2.20. The quantitative estimate of drug-likeness (QED) is 0.673. The number of rotatable bonds is 3. The van der Waals surface area contributed by atoms with E-state index in [4.69, 9.17) is 0 Å². The minimum absolute atomic E-state index is 0.0738. The van der Waals surface area contributed by atoms with Crippen molar-refractivity contribution in [2.24, 2.45) is 0 Å². The molecule has 21 heavy (non-hydrogen) atoms. The second-order valence-electron chi connectivity index (χ2n) is 5.19. The molecule has 1 fully saturated rings. The second-order valence-corrected chi connectivity index (χ2v) is 5.19. The highest BCUT2D eigenvalue weighted by Gasteiger charge is 2.22. The van der Waals surface area contributed by atoms with Crippen LogP contribution < -0.4 is 5.32 Å². The standard InChI is InChI=1S/C14H20N4O3/c1-15-12-5-4-11(10-13(12)18(20)21)14(19)17-7-3-6-16(2)8-9-17/h4-5,10,15H,3,6-9H2,1-2H3. The number of hydrogen-bond donors (Lipinski definition) is 1. The minimum Gasteiger partial charge on any atom is -0.383 e. The van der Waals surface area contributed by atoms with E-state index in [0.29, 0.717) is 24.3 Å². The summed E-state index contributed by atoms with van der Waals surface area (Å²) < 4.78 is 0. The Morgan fingerprint density at radius 1 is 1.29 bits per heavy atom. The number of nitrogens with zero attached hydrogens (tertiary/aromatic N) is 3. The minimum atomic E-state index is -0.473. The summed E-state index contributed by atoms with van der Waals surface area (Å²) in [6.07, 6.45) is 0.916. The highest BCUT2D eigenvalue weighted by molar-refractivity contribution is 5.95. The van der Waals surface area contributed by atoms with Crippen LogP contribution in [0.1, 0.15) is 16.8 Å². The van der Waals surface area contributed by atoms with Gasteiger partial charge in [0.25, 0.3) is 11.6 Å². The number of amides is 1. The number of carbonyl (C=O) groups excluding carboxylic acids is 1. The van der Waals surface area contributed by atoms with Gasteiger partial charge in [-0.25, -0.2) is 0 Å². The maximum atomic E-state index is 12.5. The SMILES string of the molecule is CNc1ccc(C(=O)N2CCCN(C)CC2)cc1[N+](=O)[O-]. The number of nitro benzene ring substituents is 1. The molecular formula is C14H20N4O3. The molecule has 0 unspecified atom stereocenters. The van der Waals surface area contributed by atoms with Gasteiger partial charge < -0.3 is 15.1 Å². The molecule has 0 aliphatic carbocycles. The maximum Gasteiger partial charge on any atom is 0.293 e. The third kappa shape index (κ3) is 3.49. The van der Waals surface area contributed by atoms with Gasteiger partial charge in [0.1, 0.15) is 5.69 Å². The Labute approximate surface area is 123 Å². The molecule has 1 aromatic carbocycles. The van der Waals surface area contributed by atoms with E-state index in [0.717, 1.165) is 19.5 Å². The Morgan fingerprint density at radius 3 is 2.71 bits per heavy atom. The Morgan fingerprint density at radius 2 is 2.05 bits per heavy atom. The zero-order chi connectivity index (χ0) is 15.4. The van der Waals surface area contributed by atoms with Crippen LogP contribution in [-0.2, 0) is 0 Å². The third-order valence-electron chi connectivity index (χ3n) is 3.72. The van der Waals surface area contributed by atoms with E-state index < -0.39 is 4.92 Å². The van der Waals surface area contributed by atoms with E-state index in [-0.39, 0.29) is 11.6 Å². The molecule has 1 amide bonds. The summed E-state index contributed by atoms with van der Waals surface area (Å²) in [4.78, 5) is 27.0. The zero-order valence-corrected chi connectivity index (χ0v) is 12.3. The molecule has 0 atom stereocenters. The molecular weight excluding hydrogens is 272 g/mol. The first-order valence-electron chi connectivity index (χ1n) is 6.97. The fourth-order valence-corrected chi connectivity index (χ4v) is 2.46. The predicted octanol–water partition coefficient (Wildman–Crippen LogP) is 1.41. The number of hydrogen-bond acceptors (Lipinski definition) is 5. The molecule has 2 rings (SSSR count). The van der Waals surface area contributed by atoms with E-state index in [1.807, 2.05) is 7.05 Å². The van der Waals surface area contributed by atoms with Crippen molar-refractivity contribution in [3.05, 3.63) is 33.9 Å². The summed E-state index contributed by atoms with van der Waals surface area (Å²) in [6.45, 7) is 3.12. The van der Waals surface area contributed by atoms with Crippen LogP contribution in [0.15, 0.2) is 18.2 Å². The summed E-state index contributed by atoms with van der Waals surface area (Å²) in [5.74, 6) is -0.143. The highest BCUT2D eigenvalue weighted by Crippen LogP contribution is 2.25. The first kappa shape index (κ1) is 15.2. The molecule has 1 aliphatic heterocycles. The van der Waals surface area contributed by atoms with Gasteiger partial charge >= 0.3 is 0 Å². The van der Waals surface area contributed by atoms with Gasteiger partial charge in [-0.1, -0.05) is 0 Å². The lowest BCUT2D eigenvalue weighted by atomic mass is 10.1. The van der Waals surface area contributed by atoms with Gasteiger partial charge in [0.05, 0.1) is 4.92 Å². The molecule has 1 aromatic rings. The van der Waals surface area contributed by atoms with E-state index >= 15 is 0 Å². The fraction of sp³-hybridized carbons (Fsp3) is 0.500. The van der Waals surface area contributed by atoms with Crippen molar-refractivity contribution in [2.75, 3.05) is 45.6 Å². The van der Waals surface area contributed by atoms with Crippen molar-refractivity contribution in [3.8, 4) is 0 Å². The number of anilines is 1. The van der Waals surface area contributed by atoms with Gasteiger partial charge in [-0.05, 0) is 32.1 Å². The summed E-state index contributed by atoms with van der Waals surface area (Å²) in [6, 6.07) is 4.56. The smallest absolute Gasteiger partial charge is 0.293 e. The normalized spacial score (nSPS) is 16.4. The zero-order valence-electron chi connectivity index (χ0n) is 12.3. The van der Waals surface area contributed by atoms with Crippen molar-refractivity contribution >= 4 is 17.3 Å². The van der Waals surface area contributed by atoms with Crippen LogP contribution in [0.3, 0.4) is 0 Å². The average molecular weight is 292 g/mol. The predicted molar refractivity (Wildman–Crippen MR) is 80.7 cm³/mol. The summed E-state index contributed by atoms with van der Waals surface area (Å²) in [5, 5.41) is 13.8. The topological polar surface area (TPSA) is 78.7 Å².